The lowest BCUT2D eigenvalue weighted by Gasteiger charge is -2.34. The fourth-order valence-electron chi connectivity index (χ4n) is 4.53. The second-order valence-electron chi connectivity index (χ2n) is 8.94. The van der Waals surface area contributed by atoms with Gasteiger partial charge in [0.05, 0.1) is 31.7 Å². The topological polar surface area (TPSA) is 106 Å². The fraction of sp³-hybridized carbons (Fsp3) is 0.409. The first-order valence-electron chi connectivity index (χ1n) is 11.0. The predicted octanol–water partition coefficient (Wildman–Crippen LogP) is 2.80. The molecule has 0 bridgehead atoms. The lowest BCUT2D eigenvalue weighted by molar-refractivity contribution is -0.113. The number of thiophene rings is 1. The summed E-state index contributed by atoms with van der Waals surface area (Å²) in [6.45, 7) is 5.51. The number of fused-ring (bicyclic) bond motifs is 8. The number of carbonyl (C=O) groups is 1. The minimum Gasteiger partial charge on any atom is -0.497 e. The molecule has 0 spiro atoms. The summed E-state index contributed by atoms with van der Waals surface area (Å²) in [5.74, 6) is 1.58. The second-order valence-corrected chi connectivity index (χ2v) is 11.0. The molecule has 12 heteroatoms. The van der Waals surface area contributed by atoms with Crippen LogP contribution in [0.2, 0.25) is 0 Å². The quantitative estimate of drug-likeness (QED) is 0.457. The van der Waals surface area contributed by atoms with E-state index in [9.17, 15) is 4.79 Å². The molecule has 1 atom stereocenters. The van der Waals surface area contributed by atoms with Crippen molar-refractivity contribution in [3.8, 4) is 10.8 Å². The highest BCUT2D eigenvalue weighted by Crippen LogP contribution is 2.48. The number of carbonyl (C=O) groups excluding carboxylic acids is 1. The molecule has 1 amide bonds. The summed E-state index contributed by atoms with van der Waals surface area (Å²) >= 11 is 3.10. The smallest absolute Gasteiger partial charge is 0.249 e. The Labute approximate surface area is 205 Å². The minimum atomic E-state index is -0.205. The van der Waals surface area contributed by atoms with Crippen LogP contribution in [0, 0.1) is 0 Å². The lowest BCUT2D eigenvalue weighted by atomic mass is 9.92. The second kappa shape index (κ2) is 8.24. The molecule has 1 fully saturated rings. The minimum absolute atomic E-state index is 0.00294. The van der Waals surface area contributed by atoms with Crippen molar-refractivity contribution in [2.75, 3.05) is 29.9 Å². The third kappa shape index (κ3) is 3.66. The molecule has 34 heavy (non-hydrogen) atoms. The van der Waals surface area contributed by atoms with E-state index in [1.54, 1.807) is 18.4 Å². The van der Waals surface area contributed by atoms with E-state index >= 15 is 0 Å². The fourth-order valence-corrected chi connectivity index (χ4v) is 6.58. The van der Waals surface area contributed by atoms with E-state index in [0.717, 1.165) is 28.8 Å². The standard InChI is InChI=1S/C22H25N7O3S2/c1-22(2)8-14-15(9-32-22)34-19-17(14)18-23-11-24-29(18)20-26-27-21(28(19)20)33-10-16(30)25-12-4-6-13(31-3)7-5-12/h4-7,18,23-24H,8-11H2,1-3H3,(H,25,30). The van der Waals surface area contributed by atoms with Crippen LogP contribution < -0.4 is 25.8 Å². The van der Waals surface area contributed by atoms with Crippen LogP contribution in [-0.2, 0) is 22.6 Å². The van der Waals surface area contributed by atoms with Gasteiger partial charge >= 0.3 is 0 Å². The number of anilines is 2. The van der Waals surface area contributed by atoms with E-state index in [4.69, 9.17) is 9.47 Å². The Morgan fingerprint density at radius 3 is 2.97 bits per heavy atom. The van der Waals surface area contributed by atoms with E-state index < -0.39 is 0 Å². The molecular weight excluding hydrogens is 474 g/mol. The normalized spacial score (nSPS) is 19.7. The van der Waals surface area contributed by atoms with E-state index in [-0.39, 0.29) is 23.4 Å². The molecule has 178 valence electrons. The SMILES string of the molecule is COc1ccc(NC(=O)CSc2nnc3n2-c2sc4c(c2C2NCNN32)CC(C)(C)OC4)cc1. The summed E-state index contributed by atoms with van der Waals surface area (Å²) < 4.78 is 13.3. The summed E-state index contributed by atoms with van der Waals surface area (Å²) in [5.41, 5.74) is 6.48. The summed E-state index contributed by atoms with van der Waals surface area (Å²) in [7, 11) is 1.61. The van der Waals surface area contributed by atoms with Crippen molar-refractivity contribution in [3.05, 3.63) is 40.3 Å². The maximum atomic E-state index is 12.6. The predicted molar refractivity (Wildman–Crippen MR) is 131 cm³/mol. The first-order valence-corrected chi connectivity index (χ1v) is 12.8. The van der Waals surface area contributed by atoms with Crippen LogP contribution in [0.25, 0.3) is 5.00 Å². The average molecular weight is 500 g/mol. The zero-order chi connectivity index (χ0) is 23.4. The monoisotopic (exact) mass is 499 g/mol. The molecule has 2 aromatic heterocycles. The van der Waals surface area contributed by atoms with Crippen molar-refractivity contribution < 1.29 is 14.3 Å². The first kappa shape index (κ1) is 21.9. The highest BCUT2D eigenvalue weighted by Gasteiger charge is 2.43. The molecule has 0 aliphatic carbocycles. The Balaban J connectivity index is 1.27. The number of ether oxygens (including phenoxy) is 2. The maximum absolute atomic E-state index is 12.6. The number of thioether (sulfide) groups is 1. The molecule has 6 rings (SSSR count). The Morgan fingerprint density at radius 1 is 1.35 bits per heavy atom. The van der Waals surface area contributed by atoms with Crippen molar-refractivity contribution >= 4 is 40.6 Å². The number of amides is 1. The van der Waals surface area contributed by atoms with E-state index in [1.165, 1.54) is 27.8 Å². The lowest BCUT2D eigenvalue weighted by Crippen LogP contribution is -2.40. The number of aromatic nitrogens is 3. The molecule has 10 nitrogen and oxygen atoms in total. The van der Waals surface area contributed by atoms with Crippen LogP contribution in [0.4, 0.5) is 11.6 Å². The van der Waals surface area contributed by atoms with Gasteiger partial charge in [0, 0.05) is 22.5 Å². The van der Waals surface area contributed by atoms with Crippen LogP contribution in [0.5, 0.6) is 5.75 Å². The molecule has 1 saturated heterocycles. The number of hydrazine groups is 1. The first-order chi connectivity index (χ1) is 16.4. The van der Waals surface area contributed by atoms with Gasteiger partial charge in [-0.2, -0.15) is 0 Å². The molecule has 3 aromatic rings. The van der Waals surface area contributed by atoms with Crippen LogP contribution in [0.15, 0.2) is 29.4 Å². The number of hydrogen-bond acceptors (Lipinski definition) is 10. The number of nitrogens with zero attached hydrogens (tertiary/aromatic N) is 4. The highest BCUT2D eigenvalue weighted by molar-refractivity contribution is 7.99. The summed E-state index contributed by atoms with van der Waals surface area (Å²) in [6, 6.07) is 7.27. The van der Waals surface area contributed by atoms with Gasteiger partial charge in [0.2, 0.25) is 11.9 Å². The van der Waals surface area contributed by atoms with E-state index in [1.807, 2.05) is 29.3 Å². The third-order valence-corrected chi connectivity index (χ3v) is 8.26. The highest BCUT2D eigenvalue weighted by atomic mass is 32.2. The zero-order valence-electron chi connectivity index (χ0n) is 19.0. The number of benzene rings is 1. The van der Waals surface area contributed by atoms with Crippen LogP contribution in [0.3, 0.4) is 0 Å². The van der Waals surface area contributed by atoms with Crippen molar-refractivity contribution in [3.63, 3.8) is 0 Å². The van der Waals surface area contributed by atoms with Gasteiger partial charge in [-0.15, -0.1) is 21.5 Å². The van der Waals surface area contributed by atoms with Gasteiger partial charge in [-0.3, -0.25) is 15.1 Å². The third-order valence-electron chi connectivity index (χ3n) is 6.13. The van der Waals surface area contributed by atoms with Crippen molar-refractivity contribution in [2.45, 2.75) is 43.8 Å². The molecule has 1 unspecified atom stereocenters. The van der Waals surface area contributed by atoms with Crippen LogP contribution in [-0.4, -0.2) is 45.8 Å². The average Bonchev–Trinajstić information content (AvgIpc) is 3.53. The van der Waals surface area contributed by atoms with Gasteiger partial charge in [0.15, 0.2) is 5.16 Å². The zero-order valence-corrected chi connectivity index (χ0v) is 20.7. The Bertz CT molecular complexity index is 1250. The summed E-state index contributed by atoms with van der Waals surface area (Å²) in [4.78, 5) is 13.9. The van der Waals surface area contributed by atoms with Gasteiger partial charge in [-0.25, -0.2) is 9.99 Å². The molecule has 3 aliphatic rings. The van der Waals surface area contributed by atoms with Gasteiger partial charge in [0.25, 0.3) is 0 Å². The van der Waals surface area contributed by atoms with Crippen LogP contribution in [0.1, 0.15) is 36.0 Å². The molecule has 1 aromatic carbocycles. The molecule has 3 N–H and O–H groups in total. The van der Waals surface area contributed by atoms with Crippen LogP contribution >= 0.6 is 23.1 Å². The number of rotatable bonds is 5. The Kier molecular flexibility index (Phi) is 5.30. The Hall–Kier alpha value is -2.64. The largest absolute Gasteiger partial charge is 0.497 e. The number of hydrogen-bond donors (Lipinski definition) is 3. The summed E-state index contributed by atoms with van der Waals surface area (Å²) in [5, 5.41) is 19.2. The number of nitrogens with one attached hydrogen (secondary N) is 3. The molecule has 3 aliphatic heterocycles. The maximum Gasteiger partial charge on any atom is 0.249 e. The van der Waals surface area contributed by atoms with Gasteiger partial charge in [-0.05, 0) is 43.7 Å². The van der Waals surface area contributed by atoms with Crippen molar-refractivity contribution in [1.29, 1.82) is 0 Å². The van der Waals surface area contributed by atoms with Gasteiger partial charge in [0.1, 0.15) is 16.9 Å². The van der Waals surface area contributed by atoms with Crippen molar-refractivity contribution in [1.82, 2.24) is 25.5 Å². The van der Waals surface area contributed by atoms with Gasteiger partial charge < -0.3 is 14.8 Å². The van der Waals surface area contributed by atoms with E-state index in [2.05, 4.69) is 44.7 Å². The van der Waals surface area contributed by atoms with Gasteiger partial charge in [-0.1, -0.05) is 11.8 Å². The van der Waals surface area contributed by atoms with Crippen molar-refractivity contribution in [2.24, 2.45) is 0 Å². The molecule has 5 heterocycles. The summed E-state index contributed by atoms with van der Waals surface area (Å²) in [6.07, 6.45) is 0.849. The molecular formula is C22H25N7O3S2. The molecule has 0 saturated carbocycles. The number of methoxy groups -OCH3 is 1. The van der Waals surface area contributed by atoms with E-state index in [0.29, 0.717) is 18.4 Å². The Morgan fingerprint density at radius 2 is 2.18 bits per heavy atom. The molecule has 0 radical (unpaired) electrons.